The molecule has 0 unspecified atom stereocenters. The zero-order valence-electron chi connectivity index (χ0n) is 18.6. The first-order valence-electron chi connectivity index (χ1n) is 10.8. The number of urea groups is 1. The molecule has 1 aromatic heterocycles. The summed E-state index contributed by atoms with van der Waals surface area (Å²) in [4.78, 5) is 30.9. The van der Waals surface area contributed by atoms with Crippen LogP contribution in [0.3, 0.4) is 0 Å². The number of hydrogen-bond donors (Lipinski definition) is 2. The fourth-order valence-electron chi connectivity index (χ4n) is 3.77. The Morgan fingerprint density at radius 2 is 2.03 bits per heavy atom. The Hall–Kier alpha value is -1.77. The number of anilines is 1. The van der Waals surface area contributed by atoms with Crippen LogP contribution in [0.4, 0.5) is 9.93 Å². The summed E-state index contributed by atoms with van der Waals surface area (Å²) in [5.74, 6) is -0.194. The summed E-state index contributed by atoms with van der Waals surface area (Å²) in [6.07, 6.45) is 6.58. The van der Waals surface area contributed by atoms with Crippen LogP contribution in [0.5, 0.6) is 0 Å². The van der Waals surface area contributed by atoms with Crippen LogP contribution in [-0.4, -0.2) is 44.3 Å². The molecule has 1 aliphatic carbocycles. The second-order valence-corrected chi connectivity index (χ2v) is 12.2. The lowest BCUT2D eigenvalue weighted by Gasteiger charge is -2.36. The lowest BCUT2D eigenvalue weighted by atomic mass is 9.86. The Morgan fingerprint density at radius 3 is 2.69 bits per heavy atom. The van der Waals surface area contributed by atoms with E-state index in [0.29, 0.717) is 22.6 Å². The monoisotopic (exact) mass is 495 g/mol. The van der Waals surface area contributed by atoms with Gasteiger partial charge >= 0.3 is 12.0 Å². The maximum absolute atomic E-state index is 13.2. The molecule has 1 fully saturated rings. The minimum atomic E-state index is -0.963. The molecule has 0 radical (unpaired) electrons. The molecule has 1 aliphatic rings. The molecule has 0 spiro atoms. The van der Waals surface area contributed by atoms with Crippen molar-refractivity contribution in [2.24, 2.45) is 5.92 Å². The topological polar surface area (TPSA) is 82.5 Å². The molecule has 0 aliphatic heterocycles. The number of nitrogens with zero attached hydrogens (tertiary/aromatic N) is 2. The molecule has 1 heterocycles. The summed E-state index contributed by atoms with van der Waals surface area (Å²) < 4.78 is -0.208. The van der Waals surface area contributed by atoms with Crippen molar-refractivity contribution in [3.05, 3.63) is 41.0 Å². The smallest absolute Gasteiger partial charge is 0.323 e. The molecule has 2 amide bonds. The van der Waals surface area contributed by atoms with Gasteiger partial charge in [0.15, 0.2) is 5.13 Å². The van der Waals surface area contributed by atoms with Gasteiger partial charge in [0.2, 0.25) is 0 Å². The predicted molar refractivity (Wildman–Crippen MR) is 132 cm³/mol. The van der Waals surface area contributed by atoms with Crippen LogP contribution in [0.25, 0.3) is 0 Å². The van der Waals surface area contributed by atoms with E-state index >= 15 is 0 Å². The van der Waals surface area contributed by atoms with Crippen molar-refractivity contribution in [2.45, 2.75) is 67.9 Å². The number of halogens is 1. The van der Waals surface area contributed by atoms with Gasteiger partial charge < -0.3 is 10.0 Å². The quantitative estimate of drug-likeness (QED) is 0.413. The van der Waals surface area contributed by atoms with Gasteiger partial charge in [0.25, 0.3) is 0 Å². The average molecular weight is 496 g/mol. The molecule has 9 heteroatoms. The van der Waals surface area contributed by atoms with E-state index in [4.69, 9.17) is 11.6 Å². The number of aliphatic carboxylic acids is 1. The Morgan fingerprint density at radius 1 is 1.31 bits per heavy atom. The standard InChI is InChI=1S/C23H30ClN3O3S2/c1-15-7-9-18(10-8-15)27(12-11-16-5-4-6-17(24)13-16)22(30)26-21-25-14-19(31-21)32-23(2,3)20(28)29/h4-6,13-15,18H,7-12H2,1-3H3,(H,28,29)(H,25,26,30)/t15-,18-. The summed E-state index contributed by atoms with van der Waals surface area (Å²) in [5.41, 5.74) is 1.10. The number of rotatable bonds is 8. The number of carboxylic acid groups (broad SMARTS) is 1. The maximum atomic E-state index is 13.2. The van der Waals surface area contributed by atoms with E-state index in [-0.39, 0.29) is 12.1 Å². The minimum Gasteiger partial charge on any atom is -0.480 e. The molecule has 174 valence electrons. The molecule has 0 atom stereocenters. The number of amides is 2. The number of carbonyl (C=O) groups excluding carboxylic acids is 1. The number of thioether (sulfide) groups is 1. The van der Waals surface area contributed by atoms with Gasteiger partial charge in [-0.2, -0.15) is 0 Å². The van der Waals surface area contributed by atoms with Crippen LogP contribution in [0.15, 0.2) is 34.7 Å². The largest absolute Gasteiger partial charge is 0.480 e. The molecular weight excluding hydrogens is 466 g/mol. The number of thiazole rings is 1. The SMILES string of the molecule is CC(C)(Sc1cnc(NC(=O)N(CCc2cccc(Cl)c2)[C@H]2CC[C@H](C)CC2)s1)C(=O)O. The van der Waals surface area contributed by atoms with Gasteiger partial charge in [-0.25, -0.2) is 9.78 Å². The number of aromatic nitrogens is 1. The van der Waals surface area contributed by atoms with Crippen LogP contribution >= 0.6 is 34.7 Å². The van der Waals surface area contributed by atoms with Crippen molar-refractivity contribution in [2.75, 3.05) is 11.9 Å². The first-order valence-corrected chi connectivity index (χ1v) is 12.9. The molecular formula is C23H30ClN3O3S2. The van der Waals surface area contributed by atoms with Crippen LogP contribution in [0, 0.1) is 5.92 Å². The van der Waals surface area contributed by atoms with Gasteiger partial charge in [0, 0.05) is 17.6 Å². The van der Waals surface area contributed by atoms with Crippen molar-refractivity contribution in [3.8, 4) is 0 Å². The molecule has 0 bridgehead atoms. The van der Waals surface area contributed by atoms with Crippen LogP contribution in [0.1, 0.15) is 52.0 Å². The summed E-state index contributed by atoms with van der Waals surface area (Å²) in [7, 11) is 0. The normalized spacial score (nSPS) is 18.9. The van der Waals surface area contributed by atoms with E-state index in [0.717, 1.165) is 41.9 Å². The summed E-state index contributed by atoms with van der Waals surface area (Å²) in [5, 5.41) is 13.5. The Bertz CT molecular complexity index is 942. The third-order valence-electron chi connectivity index (χ3n) is 5.79. The van der Waals surface area contributed by atoms with Gasteiger partial charge in [-0.15, -0.1) is 0 Å². The number of benzene rings is 1. The van der Waals surface area contributed by atoms with Gasteiger partial charge in [0.05, 0.1) is 10.4 Å². The molecule has 2 N–H and O–H groups in total. The first-order chi connectivity index (χ1) is 15.1. The van der Waals surface area contributed by atoms with Crippen LogP contribution in [-0.2, 0) is 11.2 Å². The maximum Gasteiger partial charge on any atom is 0.323 e. The highest BCUT2D eigenvalue weighted by Crippen LogP contribution is 2.37. The van der Waals surface area contributed by atoms with Crippen molar-refractivity contribution < 1.29 is 14.7 Å². The van der Waals surface area contributed by atoms with Crippen LogP contribution in [0.2, 0.25) is 5.02 Å². The fraction of sp³-hybridized carbons (Fsp3) is 0.522. The van der Waals surface area contributed by atoms with Crippen LogP contribution < -0.4 is 5.32 Å². The van der Waals surface area contributed by atoms with E-state index in [9.17, 15) is 14.7 Å². The Labute approximate surface area is 202 Å². The lowest BCUT2D eigenvalue weighted by Crippen LogP contribution is -2.45. The van der Waals surface area contributed by atoms with E-state index in [2.05, 4.69) is 17.2 Å². The number of nitrogens with one attached hydrogen (secondary N) is 1. The molecule has 1 saturated carbocycles. The van der Waals surface area contributed by atoms with E-state index < -0.39 is 10.7 Å². The van der Waals surface area contributed by atoms with Crippen molar-refractivity contribution in [3.63, 3.8) is 0 Å². The highest BCUT2D eigenvalue weighted by Gasteiger charge is 2.30. The second kappa shape index (κ2) is 10.9. The molecule has 6 nitrogen and oxygen atoms in total. The van der Waals surface area contributed by atoms with Crippen molar-refractivity contribution >= 4 is 51.8 Å². The zero-order valence-corrected chi connectivity index (χ0v) is 21.0. The highest BCUT2D eigenvalue weighted by molar-refractivity contribution is 8.03. The summed E-state index contributed by atoms with van der Waals surface area (Å²) in [6.45, 7) is 6.17. The molecule has 0 saturated heterocycles. The van der Waals surface area contributed by atoms with Gasteiger partial charge in [-0.1, -0.05) is 53.8 Å². The Balaban J connectivity index is 1.68. The molecule has 32 heavy (non-hydrogen) atoms. The molecule has 2 aromatic rings. The van der Waals surface area contributed by atoms with Crippen molar-refractivity contribution in [1.29, 1.82) is 0 Å². The highest BCUT2D eigenvalue weighted by atomic mass is 35.5. The lowest BCUT2D eigenvalue weighted by molar-refractivity contribution is -0.138. The number of carbonyl (C=O) groups is 2. The van der Waals surface area contributed by atoms with E-state index in [1.165, 1.54) is 23.1 Å². The zero-order chi connectivity index (χ0) is 23.3. The second-order valence-electron chi connectivity index (χ2n) is 8.82. The van der Waals surface area contributed by atoms with Gasteiger partial charge in [-0.05, 0) is 69.6 Å². The molecule has 3 rings (SSSR count). The third kappa shape index (κ3) is 6.86. The first kappa shape index (κ1) is 24.9. The fourth-order valence-corrected chi connectivity index (χ4v) is 6.25. The van der Waals surface area contributed by atoms with Gasteiger partial charge in [-0.3, -0.25) is 10.1 Å². The summed E-state index contributed by atoms with van der Waals surface area (Å²) >= 11 is 8.65. The minimum absolute atomic E-state index is 0.157. The Kier molecular flexibility index (Phi) is 8.47. The van der Waals surface area contributed by atoms with E-state index in [1.54, 1.807) is 20.0 Å². The average Bonchev–Trinajstić information content (AvgIpc) is 3.15. The van der Waals surface area contributed by atoms with E-state index in [1.807, 2.05) is 29.2 Å². The third-order valence-corrected chi connectivity index (χ3v) is 8.22. The number of carboxylic acids is 1. The number of hydrogen-bond acceptors (Lipinski definition) is 5. The predicted octanol–water partition coefficient (Wildman–Crippen LogP) is 6.41. The summed E-state index contributed by atoms with van der Waals surface area (Å²) in [6, 6.07) is 7.79. The molecule has 1 aromatic carbocycles. The van der Waals surface area contributed by atoms with Crippen molar-refractivity contribution in [1.82, 2.24) is 9.88 Å². The van der Waals surface area contributed by atoms with Gasteiger partial charge in [0.1, 0.15) is 4.75 Å².